The molecular formula is C24H22N4O6. The standard InChI is InChI=1S/C24H22N4O6/c1-4-32-24(31)26-18-6-7-19-17(10-22(29)34-20(19)11-18)13-33-23(30)16-5-8-21(25-12-16)28-15(3)9-14(2)27-28/h5-12H,4,13H2,1-3H3,(H,26,31). The SMILES string of the molecule is CCOC(=O)Nc1ccc2c(COC(=O)c3ccc(-n4nc(C)cc4C)nc3)cc(=O)oc2c1. The van der Waals surface area contributed by atoms with Crippen LogP contribution in [0.4, 0.5) is 10.5 Å². The van der Waals surface area contributed by atoms with Gasteiger partial charge >= 0.3 is 17.7 Å². The van der Waals surface area contributed by atoms with Crippen LogP contribution in [0.15, 0.2) is 57.9 Å². The van der Waals surface area contributed by atoms with E-state index in [0.29, 0.717) is 22.5 Å². The third kappa shape index (κ3) is 4.96. The topological polar surface area (TPSA) is 126 Å². The van der Waals surface area contributed by atoms with E-state index in [1.807, 2.05) is 19.9 Å². The van der Waals surface area contributed by atoms with Gasteiger partial charge in [-0.05, 0) is 51.1 Å². The summed E-state index contributed by atoms with van der Waals surface area (Å²) in [6, 6.07) is 11.3. The number of esters is 1. The summed E-state index contributed by atoms with van der Waals surface area (Å²) in [4.78, 5) is 40.5. The Morgan fingerprint density at radius 1 is 1.09 bits per heavy atom. The number of anilines is 1. The first-order valence-electron chi connectivity index (χ1n) is 10.5. The number of ether oxygens (including phenoxy) is 2. The zero-order valence-electron chi connectivity index (χ0n) is 18.8. The van der Waals surface area contributed by atoms with Crippen molar-refractivity contribution in [2.75, 3.05) is 11.9 Å². The Balaban J connectivity index is 1.49. The van der Waals surface area contributed by atoms with Gasteiger partial charge in [0.25, 0.3) is 0 Å². The molecule has 0 aliphatic rings. The molecule has 1 amide bonds. The Morgan fingerprint density at radius 3 is 2.59 bits per heavy atom. The summed E-state index contributed by atoms with van der Waals surface area (Å²) in [7, 11) is 0. The van der Waals surface area contributed by atoms with Crippen LogP contribution in [0.1, 0.15) is 34.2 Å². The summed E-state index contributed by atoms with van der Waals surface area (Å²) in [6.45, 7) is 5.58. The van der Waals surface area contributed by atoms with E-state index in [9.17, 15) is 14.4 Å². The summed E-state index contributed by atoms with van der Waals surface area (Å²) >= 11 is 0. The van der Waals surface area contributed by atoms with Gasteiger partial charge in [0.15, 0.2) is 5.82 Å². The average Bonchev–Trinajstić information content (AvgIpc) is 3.15. The molecule has 0 aliphatic carbocycles. The largest absolute Gasteiger partial charge is 0.457 e. The number of nitrogens with zero attached hydrogens (tertiary/aromatic N) is 3. The molecule has 1 aromatic carbocycles. The van der Waals surface area contributed by atoms with E-state index < -0.39 is 17.7 Å². The van der Waals surface area contributed by atoms with Crippen molar-refractivity contribution >= 4 is 28.7 Å². The molecule has 3 aromatic heterocycles. The van der Waals surface area contributed by atoms with Crippen molar-refractivity contribution in [3.63, 3.8) is 0 Å². The molecule has 174 valence electrons. The number of aromatic nitrogens is 3. The number of fused-ring (bicyclic) bond motifs is 1. The van der Waals surface area contributed by atoms with Crippen LogP contribution in [-0.4, -0.2) is 33.4 Å². The van der Waals surface area contributed by atoms with Crippen LogP contribution in [0, 0.1) is 13.8 Å². The maximum Gasteiger partial charge on any atom is 0.411 e. The fourth-order valence-electron chi connectivity index (χ4n) is 3.43. The number of hydrogen-bond donors (Lipinski definition) is 1. The van der Waals surface area contributed by atoms with Gasteiger partial charge in [-0.2, -0.15) is 5.10 Å². The maximum atomic E-state index is 12.5. The van der Waals surface area contributed by atoms with Crippen molar-refractivity contribution in [1.82, 2.24) is 14.8 Å². The number of pyridine rings is 1. The molecule has 0 fully saturated rings. The van der Waals surface area contributed by atoms with Gasteiger partial charge in [0, 0.05) is 40.7 Å². The van der Waals surface area contributed by atoms with E-state index in [1.54, 1.807) is 35.9 Å². The van der Waals surface area contributed by atoms with Gasteiger partial charge in [-0.1, -0.05) is 0 Å². The molecule has 0 unspecified atom stereocenters. The van der Waals surface area contributed by atoms with E-state index >= 15 is 0 Å². The molecule has 0 aliphatic heterocycles. The first-order chi connectivity index (χ1) is 16.3. The van der Waals surface area contributed by atoms with Crippen LogP contribution < -0.4 is 10.9 Å². The van der Waals surface area contributed by atoms with Crippen LogP contribution in [0.25, 0.3) is 16.8 Å². The third-order valence-corrected chi connectivity index (χ3v) is 4.92. The smallest absolute Gasteiger partial charge is 0.411 e. The molecule has 10 heteroatoms. The summed E-state index contributed by atoms with van der Waals surface area (Å²) in [5.41, 5.74) is 2.55. The van der Waals surface area contributed by atoms with E-state index in [2.05, 4.69) is 15.4 Å². The van der Waals surface area contributed by atoms with Crippen molar-refractivity contribution in [2.24, 2.45) is 0 Å². The Bertz CT molecular complexity index is 1420. The summed E-state index contributed by atoms with van der Waals surface area (Å²) < 4.78 is 17.2. The molecule has 0 radical (unpaired) electrons. The van der Waals surface area contributed by atoms with Gasteiger partial charge in [0.2, 0.25) is 0 Å². The Hall–Kier alpha value is -4.47. The molecule has 1 N–H and O–H groups in total. The van der Waals surface area contributed by atoms with Crippen LogP contribution in [0.3, 0.4) is 0 Å². The predicted octanol–water partition coefficient (Wildman–Crippen LogP) is 3.92. The molecule has 4 aromatic rings. The molecule has 0 atom stereocenters. The normalized spacial score (nSPS) is 10.8. The van der Waals surface area contributed by atoms with Crippen molar-refractivity contribution in [2.45, 2.75) is 27.4 Å². The van der Waals surface area contributed by atoms with Crippen molar-refractivity contribution < 1.29 is 23.5 Å². The molecule has 0 spiro atoms. The van der Waals surface area contributed by atoms with Crippen molar-refractivity contribution in [3.05, 3.63) is 81.6 Å². The Kier molecular flexibility index (Phi) is 6.39. The number of carbonyl (C=O) groups is 2. The van der Waals surface area contributed by atoms with Crippen LogP contribution in [0.5, 0.6) is 0 Å². The monoisotopic (exact) mass is 462 g/mol. The Labute approximate surface area is 194 Å². The zero-order valence-corrected chi connectivity index (χ0v) is 18.8. The first kappa shape index (κ1) is 22.7. The fraction of sp³-hybridized carbons (Fsp3) is 0.208. The molecule has 3 heterocycles. The summed E-state index contributed by atoms with van der Waals surface area (Å²) in [6.07, 6.45) is 0.797. The van der Waals surface area contributed by atoms with Crippen LogP contribution in [-0.2, 0) is 16.1 Å². The number of aryl methyl sites for hydroxylation is 2. The minimum Gasteiger partial charge on any atom is -0.457 e. The lowest BCUT2D eigenvalue weighted by Crippen LogP contribution is -2.13. The highest BCUT2D eigenvalue weighted by Gasteiger charge is 2.13. The van der Waals surface area contributed by atoms with E-state index in [4.69, 9.17) is 13.9 Å². The summed E-state index contributed by atoms with van der Waals surface area (Å²) in [5, 5.41) is 7.48. The first-order valence-corrected chi connectivity index (χ1v) is 10.5. The van der Waals surface area contributed by atoms with Crippen LogP contribution in [0.2, 0.25) is 0 Å². The van der Waals surface area contributed by atoms with Gasteiger partial charge in [-0.15, -0.1) is 0 Å². The number of carbonyl (C=O) groups excluding carboxylic acids is 2. The van der Waals surface area contributed by atoms with Gasteiger partial charge in [-0.25, -0.2) is 24.0 Å². The van der Waals surface area contributed by atoms with Crippen molar-refractivity contribution in [1.29, 1.82) is 0 Å². The third-order valence-electron chi connectivity index (χ3n) is 4.92. The van der Waals surface area contributed by atoms with E-state index in [1.165, 1.54) is 18.3 Å². The van der Waals surface area contributed by atoms with E-state index in [0.717, 1.165) is 11.4 Å². The second-order valence-electron chi connectivity index (χ2n) is 7.47. The number of benzene rings is 1. The zero-order chi connectivity index (χ0) is 24.2. The molecule has 10 nitrogen and oxygen atoms in total. The fourth-order valence-corrected chi connectivity index (χ4v) is 3.43. The number of rotatable bonds is 6. The average molecular weight is 462 g/mol. The number of hydrogen-bond acceptors (Lipinski definition) is 8. The highest BCUT2D eigenvalue weighted by molar-refractivity contribution is 5.91. The van der Waals surface area contributed by atoms with Crippen molar-refractivity contribution in [3.8, 4) is 5.82 Å². The van der Waals surface area contributed by atoms with Gasteiger partial charge in [-0.3, -0.25) is 5.32 Å². The Morgan fingerprint density at radius 2 is 1.91 bits per heavy atom. The van der Waals surface area contributed by atoms with Gasteiger partial charge in [0.05, 0.1) is 17.9 Å². The highest BCUT2D eigenvalue weighted by atomic mass is 16.5. The molecular weight excluding hydrogens is 440 g/mol. The lowest BCUT2D eigenvalue weighted by atomic mass is 10.1. The number of amides is 1. The molecule has 0 saturated carbocycles. The summed E-state index contributed by atoms with van der Waals surface area (Å²) in [5.74, 6) is -0.00421. The highest BCUT2D eigenvalue weighted by Crippen LogP contribution is 2.22. The van der Waals surface area contributed by atoms with Gasteiger partial charge in [0.1, 0.15) is 12.2 Å². The van der Waals surface area contributed by atoms with Gasteiger partial charge < -0.3 is 13.9 Å². The molecule has 0 saturated heterocycles. The quantitative estimate of drug-likeness (QED) is 0.338. The minimum atomic E-state index is -0.619. The second kappa shape index (κ2) is 9.57. The number of nitrogens with one attached hydrogen (secondary N) is 1. The maximum absolute atomic E-state index is 12.5. The molecule has 0 bridgehead atoms. The lowest BCUT2D eigenvalue weighted by molar-refractivity contribution is 0.0473. The lowest BCUT2D eigenvalue weighted by Gasteiger charge is -2.09. The second-order valence-corrected chi connectivity index (χ2v) is 7.47. The predicted molar refractivity (Wildman–Crippen MR) is 123 cm³/mol. The van der Waals surface area contributed by atoms with E-state index in [-0.39, 0.29) is 24.4 Å². The molecule has 4 rings (SSSR count). The van der Waals surface area contributed by atoms with Crippen LogP contribution >= 0.6 is 0 Å². The minimum absolute atomic E-state index is 0.148. The molecule has 34 heavy (non-hydrogen) atoms.